The van der Waals surface area contributed by atoms with Gasteiger partial charge >= 0.3 is 7.60 Å². The summed E-state index contributed by atoms with van der Waals surface area (Å²) in [4.78, 5) is 0. The SMILES string of the molecule is CCCCCCCCCCCCCCCOP(=O)(CCCC)Oc1cc(C)cc(C)c1. The average molecular weight is 453 g/mol. The molecular formula is C27H49O3P. The number of rotatable bonds is 20. The van der Waals surface area contributed by atoms with E-state index in [1.807, 2.05) is 26.0 Å². The normalized spacial score (nSPS) is 13.3. The van der Waals surface area contributed by atoms with Crippen molar-refractivity contribution >= 4 is 7.60 Å². The van der Waals surface area contributed by atoms with Crippen LogP contribution in [0.5, 0.6) is 5.75 Å². The van der Waals surface area contributed by atoms with E-state index in [0.717, 1.165) is 36.8 Å². The van der Waals surface area contributed by atoms with Gasteiger partial charge in [-0.25, -0.2) is 4.57 Å². The molecule has 0 bridgehead atoms. The molecule has 1 atom stereocenters. The van der Waals surface area contributed by atoms with Gasteiger partial charge in [0.1, 0.15) is 5.75 Å². The summed E-state index contributed by atoms with van der Waals surface area (Å²) in [5.74, 6) is 0.669. The molecule has 0 aliphatic heterocycles. The van der Waals surface area contributed by atoms with Crippen molar-refractivity contribution in [2.24, 2.45) is 0 Å². The second-order valence-corrected chi connectivity index (χ2v) is 11.3. The molecule has 0 spiro atoms. The number of benzene rings is 1. The zero-order valence-corrected chi connectivity index (χ0v) is 21.8. The molecule has 180 valence electrons. The summed E-state index contributed by atoms with van der Waals surface area (Å²) in [5.41, 5.74) is 2.24. The molecule has 1 unspecified atom stereocenters. The van der Waals surface area contributed by atoms with E-state index < -0.39 is 7.60 Å². The summed E-state index contributed by atoms with van der Waals surface area (Å²) < 4.78 is 25.0. The fourth-order valence-electron chi connectivity index (χ4n) is 3.96. The van der Waals surface area contributed by atoms with Gasteiger partial charge in [0.05, 0.1) is 12.8 Å². The van der Waals surface area contributed by atoms with Crippen molar-refractivity contribution in [3.05, 3.63) is 29.3 Å². The summed E-state index contributed by atoms with van der Waals surface area (Å²) >= 11 is 0. The molecule has 1 rings (SSSR count). The highest BCUT2D eigenvalue weighted by Gasteiger charge is 2.25. The lowest BCUT2D eigenvalue weighted by Gasteiger charge is -2.20. The fourth-order valence-corrected chi connectivity index (χ4v) is 5.77. The molecule has 0 saturated heterocycles. The van der Waals surface area contributed by atoms with Crippen LogP contribution < -0.4 is 4.52 Å². The molecule has 0 amide bonds. The Morgan fingerprint density at radius 2 is 1.10 bits per heavy atom. The van der Waals surface area contributed by atoms with Crippen LogP contribution in [0.1, 0.15) is 121 Å². The van der Waals surface area contributed by atoms with Crippen LogP contribution in [-0.2, 0) is 9.09 Å². The minimum atomic E-state index is -3.08. The molecule has 0 saturated carbocycles. The first kappa shape index (κ1) is 28.2. The third-order valence-corrected chi connectivity index (χ3v) is 7.69. The Morgan fingerprint density at radius 1 is 0.645 bits per heavy atom. The van der Waals surface area contributed by atoms with Gasteiger partial charge in [-0.05, 0) is 49.9 Å². The number of unbranched alkanes of at least 4 members (excludes halogenated alkanes) is 13. The van der Waals surface area contributed by atoms with Crippen molar-refractivity contribution < 1.29 is 13.6 Å². The summed E-state index contributed by atoms with van der Waals surface area (Å²) in [6.07, 6.45) is 19.5. The lowest BCUT2D eigenvalue weighted by Crippen LogP contribution is -2.04. The third kappa shape index (κ3) is 14.8. The number of aryl methyl sites for hydroxylation is 2. The lowest BCUT2D eigenvalue weighted by atomic mass is 10.0. The molecule has 1 aromatic carbocycles. The topological polar surface area (TPSA) is 35.5 Å². The summed E-state index contributed by atoms with van der Waals surface area (Å²) in [6.45, 7) is 8.98. The van der Waals surface area contributed by atoms with Crippen LogP contribution in [0, 0.1) is 13.8 Å². The van der Waals surface area contributed by atoms with Crippen LogP contribution in [-0.4, -0.2) is 12.8 Å². The predicted octanol–water partition coefficient (Wildman–Crippen LogP) is 9.78. The highest BCUT2D eigenvalue weighted by atomic mass is 31.2. The third-order valence-electron chi connectivity index (χ3n) is 5.76. The van der Waals surface area contributed by atoms with Crippen LogP contribution in [0.15, 0.2) is 18.2 Å². The predicted molar refractivity (Wildman–Crippen MR) is 136 cm³/mol. The van der Waals surface area contributed by atoms with Gasteiger partial charge in [0.2, 0.25) is 0 Å². The molecule has 4 heteroatoms. The van der Waals surface area contributed by atoms with Gasteiger partial charge in [-0.3, -0.25) is 4.52 Å². The van der Waals surface area contributed by atoms with Gasteiger partial charge in [0.25, 0.3) is 0 Å². The van der Waals surface area contributed by atoms with Gasteiger partial charge in [-0.2, -0.15) is 0 Å². The van der Waals surface area contributed by atoms with Gasteiger partial charge in [0.15, 0.2) is 0 Å². The molecule has 0 N–H and O–H groups in total. The maximum atomic E-state index is 13.2. The first-order valence-corrected chi connectivity index (χ1v) is 14.7. The fraction of sp³-hybridized carbons (Fsp3) is 0.778. The van der Waals surface area contributed by atoms with E-state index in [-0.39, 0.29) is 0 Å². The molecule has 0 aliphatic carbocycles. The second-order valence-electron chi connectivity index (χ2n) is 9.18. The monoisotopic (exact) mass is 452 g/mol. The van der Waals surface area contributed by atoms with Crippen molar-refractivity contribution in [2.75, 3.05) is 12.8 Å². The minimum Gasteiger partial charge on any atom is -0.424 e. The van der Waals surface area contributed by atoms with Crippen LogP contribution in [0.25, 0.3) is 0 Å². The molecule has 3 nitrogen and oxygen atoms in total. The first-order chi connectivity index (χ1) is 15.0. The van der Waals surface area contributed by atoms with Gasteiger partial charge in [-0.15, -0.1) is 0 Å². The zero-order chi connectivity index (χ0) is 22.8. The average Bonchev–Trinajstić information content (AvgIpc) is 2.72. The van der Waals surface area contributed by atoms with Crippen molar-refractivity contribution in [2.45, 2.75) is 124 Å². The van der Waals surface area contributed by atoms with Crippen LogP contribution >= 0.6 is 7.60 Å². The quantitative estimate of drug-likeness (QED) is 0.146. The molecule has 0 radical (unpaired) electrons. The molecule has 0 fully saturated rings. The Bertz CT molecular complexity index is 594. The van der Waals surface area contributed by atoms with E-state index in [1.54, 1.807) is 0 Å². The maximum absolute atomic E-state index is 13.2. The van der Waals surface area contributed by atoms with Crippen molar-refractivity contribution in [1.29, 1.82) is 0 Å². The van der Waals surface area contributed by atoms with Crippen molar-refractivity contribution in [1.82, 2.24) is 0 Å². The highest BCUT2D eigenvalue weighted by Crippen LogP contribution is 2.49. The minimum absolute atomic E-state index is 0.495. The molecule has 0 aromatic heterocycles. The molecular weight excluding hydrogens is 403 g/mol. The van der Waals surface area contributed by atoms with E-state index in [2.05, 4.69) is 19.9 Å². The van der Waals surface area contributed by atoms with Gasteiger partial charge in [0, 0.05) is 0 Å². The zero-order valence-electron chi connectivity index (χ0n) is 20.9. The summed E-state index contributed by atoms with van der Waals surface area (Å²) in [6, 6.07) is 5.98. The van der Waals surface area contributed by atoms with E-state index in [1.165, 1.54) is 70.6 Å². The second kappa shape index (κ2) is 17.7. The standard InChI is InChI=1S/C27H49O3P/c1-5-7-9-10-11-12-13-14-15-16-17-18-19-20-29-31(28,21-8-6-2)30-27-23-25(3)22-26(4)24-27/h22-24H,5-21H2,1-4H3. The molecule has 1 aromatic rings. The van der Waals surface area contributed by atoms with Gasteiger partial charge in [-0.1, -0.05) is 103 Å². The maximum Gasteiger partial charge on any atom is 0.379 e. The van der Waals surface area contributed by atoms with Gasteiger partial charge < -0.3 is 4.52 Å². The number of hydrogen-bond donors (Lipinski definition) is 0. The highest BCUT2D eigenvalue weighted by molar-refractivity contribution is 7.54. The smallest absolute Gasteiger partial charge is 0.379 e. The largest absolute Gasteiger partial charge is 0.424 e. The van der Waals surface area contributed by atoms with Crippen molar-refractivity contribution in [3.8, 4) is 5.75 Å². The van der Waals surface area contributed by atoms with Crippen LogP contribution in [0.3, 0.4) is 0 Å². The lowest BCUT2D eigenvalue weighted by molar-refractivity contribution is 0.256. The Balaban J connectivity index is 2.17. The number of hydrogen-bond acceptors (Lipinski definition) is 3. The van der Waals surface area contributed by atoms with Crippen LogP contribution in [0.2, 0.25) is 0 Å². The molecule has 0 heterocycles. The van der Waals surface area contributed by atoms with E-state index in [9.17, 15) is 4.57 Å². The summed E-state index contributed by atoms with van der Waals surface area (Å²) in [5, 5.41) is 0. The molecule has 0 aliphatic rings. The van der Waals surface area contributed by atoms with E-state index in [4.69, 9.17) is 9.05 Å². The Hall–Kier alpha value is -0.790. The Labute approximate surface area is 193 Å². The van der Waals surface area contributed by atoms with Crippen LogP contribution in [0.4, 0.5) is 0 Å². The Kier molecular flexibility index (Phi) is 16.2. The summed E-state index contributed by atoms with van der Waals surface area (Å²) in [7, 11) is -3.08. The first-order valence-electron chi connectivity index (χ1n) is 13.0. The van der Waals surface area contributed by atoms with E-state index in [0.29, 0.717) is 18.5 Å². The Morgan fingerprint density at radius 3 is 1.58 bits per heavy atom. The van der Waals surface area contributed by atoms with E-state index >= 15 is 0 Å². The molecule has 31 heavy (non-hydrogen) atoms. The van der Waals surface area contributed by atoms with Crippen molar-refractivity contribution in [3.63, 3.8) is 0 Å².